The van der Waals surface area contributed by atoms with Crippen LogP contribution in [0.1, 0.15) is 71.6 Å². The van der Waals surface area contributed by atoms with Crippen LogP contribution in [0.15, 0.2) is 42.6 Å². The van der Waals surface area contributed by atoms with Crippen LogP contribution in [-0.4, -0.2) is 10.9 Å². The van der Waals surface area contributed by atoms with Crippen LogP contribution < -0.4 is 5.73 Å². The number of carbonyl (C=O) groups is 1. The molecule has 0 radical (unpaired) electrons. The van der Waals surface area contributed by atoms with E-state index >= 15 is 0 Å². The maximum absolute atomic E-state index is 11.7. The van der Waals surface area contributed by atoms with Crippen LogP contribution in [0.2, 0.25) is 0 Å². The summed E-state index contributed by atoms with van der Waals surface area (Å²) in [7, 11) is 0. The van der Waals surface area contributed by atoms with Gasteiger partial charge >= 0.3 is 0 Å². The maximum atomic E-state index is 11.7. The predicted octanol–water partition coefficient (Wildman–Crippen LogP) is 4.57. The number of primary amides is 1. The highest BCUT2D eigenvalue weighted by Gasteiger charge is 2.28. The van der Waals surface area contributed by atoms with Gasteiger partial charge in [-0.05, 0) is 79.7 Å². The summed E-state index contributed by atoms with van der Waals surface area (Å²) in [6.07, 6.45) is 6.72. The van der Waals surface area contributed by atoms with Gasteiger partial charge in [-0.2, -0.15) is 0 Å². The molecule has 1 fully saturated rings. The van der Waals surface area contributed by atoms with Gasteiger partial charge in [0.15, 0.2) is 0 Å². The zero-order valence-corrected chi connectivity index (χ0v) is 14.5. The number of carbonyl (C=O) groups excluding carboxylic acids is 1. The number of hydrogen-bond donors (Lipinski definition) is 1. The number of benzene rings is 1. The third kappa shape index (κ3) is 3.50. The van der Waals surface area contributed by atoms with Crippen LogP contribution in [-0.2, 0) is 0 Å². The molecule has 126 valence electrons. The minimum absolute atomic E-state index is 0.321. The van der Waals surface area contributed by atoms with Crippen molar-refractivity contribution in [1.82, 2.24) is 4.98 Å². The molecule has 1 aliphatic carbocycles. The average molecular weight is 322 g/mol. The number of aromatic nitrogens is 1. The summed E-state index contributed by atoms with van der Waals surface area (Å²) in [5, 5.41) is 0. The SMILES string of the molecule is Cc1cc(C2CCC([C@@H](C)c3ccccc3C(N)=O)CC2)ccn1. The number of aryl methyl sites for hydroxylation is 1. The van der Waals surface area contributed by atoms with E-state index < -0.39 is 0 Å². The third-order valence-electron chi connectivity index (χ3n) is 5.59. The van der Waals surface area contributed by atoms with Crippen molar-refractivity contribution in [2.24, 2.45) is 11.7 Å². The van der Waals surface area contributed by atoms with Crippen LogP contribution in [0.25, 0.3) is 0 Å². The first-order valence-corrected chi connectivity index (χ1v) is 8.87. The number of rotatable bonds is 4. The van der Waals surface area contributed by atoms with Gasteiger partial charge in [-0.25, -0.2) is 0 Å². The van der Waals surface area contributed by atoms with Gasteiger partial charge in [0.1, 0.15) is 0 Å². The highest BCUT2D eigenvalue weighted by molar-refractivity contribution is 5.94. The van der Waals surface area contributed by atoms with Crippen LogP contribution in [0.4, 0.5) is 0 Å². The van der Waals surface area contributed by atoms with E-state index in [4.69, 9.17) is 5.73 Å². The van der Waals surface area contributed by atoms with Gasteiger partial charge in [0.25, 0.3) is 0 Å². The second kappa shape index (κ2) is 7.16. The Morgan fingerprint density at radius 2 is 1.88 bits per heavy atom. The molecular formula is C21H26N2O. The van der Waals surface area contributed by atoms with Crippen molar-refractivity contribution < 1.29 is 4.79 Å². The molecule has 0 spiro atoms. The molecular weight excluding hydrogens is 296 g/mol. The topological polar surface area (TPSA) is 56.0 Å². The molecule has 3 rings (SSSR count). The smallest absolute Gasteiger partial charge is 0.248 e. The largest absolute Gasteiger partial charge is 0.366 e. The van der Waals surface area contributed by atoms with E-state index in [1.165, 1.54) is 31.2 Å². The highest BCUT2D eigenvalue weighted by Crippen LogP contribution is 2.42. The second-order valence-corrected chi connectivity index (χ2v) is 7.08. The molecule has 1 saturated carbocycles. The first-order valence-electron chi connectivity index (χ1n) is 8.87. The molecule has 24 heavy (non-hydrogen) atoms. The molecule has 0 bridgehead atoms. The standard InChI is InChI=1S/C21H26N2O/c1-14-13-18(11-12-23-14)17-9-7-16(8-10-17)15(2)19-5-3-4-6-20(19)21(22)24/h3-6,11-13,15-17H,7-10H2,1-2H3,(H2,22,24)/t15-,16?,17?/m1/s1. The number of nitrogens with zero attached hydrogens (tertiary/aromatic N) is 1. The summed E-state index contributed by atoms with van der Waals surface area (Å²) >= 11 is 0. The van der Waals surface area contributed by atoms with Gasteiger partial charge in [-0.15, -0.1) is 0 Å². The van der Waals surface area contributed by atoms with E-state index in [9.17, 15) is 4.79 Å². The second-order valence-electron chi connectivity index (χ2n) is 7.08. The van der Waals surface area contributed by atoms with Gasteiger partial charge in [-0.1, -0.05) is 25.1 Å². The lowest BCUT2D eigenvalue weighted by Gasteiger charge is -2.33. The van der Waals surface area contributed by atoms with Gasteiger partial charge in [0, 0.05) is 17.5 Å². The molecule has 1 aromatic carbocycles. The van der Waals surface area contributed by atoms with E-state index in [-0.39, 0.29) is 5.91 Å². The Morgan fingerprint density at radius 3 is 2.54 bits per heavy atom. The fraction of sp³-hybridized carbons (Fsp3) is 0.429. The summed E-state index contributed by atoms with van der Waals surface area (Å²) in [4.78, 5) is 16.0. The van der Waals surface area contributed by atoms with Crippen LogP contribution in [0, 0.1) is 12.8 Å². The molecule has 0 unspecified atom stereocenters. The lowest BCUT2D eigenvalue weighted by Crippen LogP contribution is -2.21. The van der Waals surface area contributed by atoms with Crippen molar-refractivity contribution in [1.29, 1.82) is 0 Å². The Morgan fingerprint density at radius 1 is 1.17 bits per heavy atom. The average Bonchev–Trinajstić information content (AvgIpc) is 2.61. The van der Waals surface area contributed by atoms with Crippen LogP contribution in [0.3, 0.4) is 0 Å². The molecule has 0 aliphatic heterocycles. The highest BCUT2D eigenvalue weighted by atomic mass is 16.1. The fourth-order valence-corrected chi connectivity index (χ4v) is 4.15. The zero-order valence-electron chi connectivity index (χ0n) is 14.5. The quantitative estimate of drug-likeness (QED) is 0.896. The Hall–Kier alpha value is -2.16. The van der Waals surface area contributed by atoms with E-state index in [1.807, 2.05) is 24.4 Å². The first kappa shape index (κ1) is 16.7. The molecule has 2 aromatic rings. The van der Waals surface area contributed by atoms with E-state index in [1.54, 1.807) is 0 Å². The van der Waals surface area contributed by atoms with Gasteiger partial charge < -0.3 is 5.73 Å². The molecule has 0 saturated heterocycles. The molecule has 1 amide bonds. The van der Waals surface area contributed by atoms with Crippen molar-refractivity contribution in [2.45, 2.75) is 51.4 Å². The lowest BCUT2D eigenvalue weighted by molar-refractivity contribution is 0.0998. The Kier molecular flexibility index (Phi) is 4.98. The minimum Gasteiger partial charge on any atom is -0.366 e. The monoisotopic (exact) mass is 322 g/mol. The predicted molar refractivity (Wildman–Crippen MR) is 97.0 cm³/mol. The van der Waals surface area contributed by atoms with Gasteiger partial charge in [-0.3, -0.25) is 9.78 Å². The number of nitrogens with two attached hydrogens (primary N) is 1. The van der Waals surface area contributed by atoms with Crippen molar-refractivity contribution >= 4 is 5.91 Å². The summed E-state index contributed by atoms with van der Waals surface area (Å²) in [6, 6.07) is 12.2. The summed E-state index contributed by atoms with van der Waals surface area (Å²) in [6.45, 7) is 4.29. The normalized spacial score (nSPS) is 22.1. The first-order chi connectivity index (χ1) is 11.6. The molecule has 1 aromatic heterocycles. The van der Waals surface area contributed by atoms with E-state index in [0.29, 0.717) is 23.3 Å². The van der Waals surface area contributed by atoms with Crippen LogP contribution >= 0.6 is 0 Å². The minimum atomic E-state index is -0.321. The number of pyridine rings is 1. The molecule has 1 aliphatic rings. The van der Waals surface area contributed by atoms with Crippen molar-refractivity contribution in [3.05, 3.63) is 65.0 Å². The van der Waals surface area contributed by atoms with E-state index in [0.717, 1.165) is 11.3 Å². The van der Waals surface area contributed by atoms with Crippen molar-refractivity contribution in [2.75, 3.05) is 0 Å². The zero-order chi connectivity index (χ0) is 17.1. The number of amides is 1. The molecule has 1 heterocycles. The third-order valence-corrected chi connectivity index (χ3v) is 5.59. The van der Waals surface area contributed by atoms with Gasteiger partial charge in [0.2, 0.25) is 5.91 Å². The lowest BCUT2D eigenvalue weighted by atomic mass is 9.72. The number of hydrogen-bond acceptors (Lipinski definition) is 2. The maximum Gasteiger partial charge on any atom is 0.248 e. The van der Waals surface area contributed by atoms with Crippen molar-refractivity contribution in [3.8, 4) is 0 Å². The summed E-state index contributed by atoms with van der Waals surface area (Å²) < 4.78 is 0. The Labute approximate surface area is 144 Å². The van der Waals surface area contributed by atoms with E-state index in [2.05, 4.69) is 37.0 Å². The molecule has 3 heteroatoms. The fourth-order valence-electron chi connectivity index (χ4n) is 4.15. The molecule has 2 N–H and O–H groups in total. The van der Waals surface area contributed by atoms with Crippen molar-refractivity contribution in [3.63, 3.8) is 0 Å². The summed E-state index contributed by atoms with van der Waals surface area (Å²) in [5.74, 6) is 1.30. The Bertz CT molecular complexity index is 717. The van der Waals surface area contributed by atoms with Crippen LogP contribution in [0.5, 0.6) is 0 Å². The molecule has 3 nitrogen and oxygen atoms in total. The Balaban J connectivity index is 1.70. The summed E-state index contributed by atoms with van der Waals surface area (Å²) in [5.41, 5.74) is 9.85. The molecule has 1 atom stereocenters. The van der Waals surface area contributed by atoms with Gasteiger partial charge in [0.05, 0.1) is 0 Å².